The van der Waals surface area contributed by atoms with E-state index in [9.17, 15) is 0 Å². The standard InChI is InChI=1S/C15H34N2/c1-12(2)8-9-16-10-15(7)17(14(5)6)11-13(3)4/h12-16H,8-11H2,1-7H3. The van der Waals surface area contributed by atoms with Gasteiger partial charge in [0.1, 0.15) is 0 Å². The Balaban J connectivity index is 3.93. The first-order valence-electron chi connectivity index (χ1n) is 7.31. The maximum atomic E-state index is 3.58. The van der Waals surface area contributed by atoms with E-state index in [0.717, 1.165) is 24.9 Å². The van der Waals surface area contributed by atoms with Gasteiger partial charge < -0.3 is 5.32 Å². The molecule has 0 heterocycles. The van der Waals surface area contributed by atoms with E-state index in [0.29, 0.717) is 12.1 Å². The van der Waals surface area contributed by atoms with Gasteiger partial charge >= 0.3 is 0 Å². The molecule has 2 nitrogen and oxygen atoms in total. The van der Waals surface area contributed by atoms with Crippen molar-refractivity contribution in [1.29, 1.82) is 0 Å². The molecular weight excluding hydrogens is 208 g/mol. The van der Waals surface area contributed by atoms with Crippen LogP contribution in [-0.2, 0) is 0 Å². The van der Waals surface area contributed by atoms with Crippen molar-refractivity contribution in [2.45, 2.75) is 67.0 Å². The summed E-state index contributed by atoms with van der Waals surface area (Å²) in [5.74, 6) is 1.55. The molecule has 0 aromatic rings. The lowest BCUT2D eigenvalue weighted by molar-refractivity contribution is 0.142. The van der Waals surface area contributed by atoms with Crippen LogP contribution in [0.5, 0.6) is 0 Å². The average molecular weight is 242 g/mol. The molecule has 1 unspecified atom stereocenters. The zero-order valence-electron chi connectivity index (χ0n) is 13.1. The van der Waals surface area contributed by atoms with Crippen LogP contribution in [0, 0.1) is 11.8 Å². The first kappa shape index (κ1) is 16.9. The van der Waals surface area contributed by atoms with Gasteiger partial charge in [-0.2, -0.15) is 0 Å². The van der Waals surface area contributed by atoms with Crippen LogP contribution in [0.3, 0.4) is 0 Å². The Morgan fingerprint density at radius 2 is 1.47 bits per heavy atom. The molecule has 0 aromatic heterocycles. The van der Waals surface area contributed by atoms with E-state index in [4.69, 9.17) is 0 Å². The highest BCUT2D eigenvalue weighted by Gasteiger charge is 2.17. The Hall–Kier alpha value is -0.0800. The van der Waals surface area contributed by atoms with Crippen LogP contribution in [0.25, 0.3) is 0 Å². The molecule has 0 aromatic carbocycles. The van der Waals surface area contributed by atoms with Gasteiger partial charge in [-0.3, -0.25) is 4.90 Å². The second-order valence-electron chi connectivity index (χ2n) is 6.42. The molecule has 1 N–H and O–H groups in total. The Bertz CT molecular complexity index is 176. The molecule has 17 heavy (non-hydrogen) atoms. The average Bonchev–Trinajstić information content (AvgIpc) is 2.19. The van der Waals surface area contributed by atoms with Gasteiger partial charge in [-0.05, 0) is 45.6 Å². The predicted molar refractivity (Wildman–Crippen MR) is 78.5 cm³/mol. The summed E-state index contributed by atoms with van der Waals surface area (Å²) in [6, 6.07) is 1.27. The summed E-state index contributed by atoms with van der Waals surface area (Å²) >= 11 is 0. The summed E-state index contributed by atoms with van der Waals surface area (Å²) in [4.78, 5) is 2.60. The summed E-state index contributed by atoms with van der Waals surface area (Å²) in [5, 5.41) is 3.58. The second kappa shape index (κ2) is 8.93. The second-order valence-corrected chi connectivity index (χ2v) is 6.42. The minimum absolute atomic E-state index is 0.629. The van der Waals surface area contributed by atoms with E-state index in [-0.39, 0.29) is 0 Å². The van der Waals surface area contributed by atoms with Crippen LogP contribution in [-0.4, -0.2) is 36.6 Å². The molecule has 2 heteroatoms. The highest BCUT2D eigenvalue weighted by atomic mass is 15.2. The summed E-state index contributed by atoms with van der Waals surface area (Å²) in [7, 11) is 0. The summed E-state index contributed by atoms with van der Waals surface area (Å²) in [6.07, 6.45) is 1.28. The molecule has 0 bridgehead atoms. The number of hydrogen-bond acceptors (Lipinski definition) is 2. The number of hydrogen-bond donors (Lipinski definition) is 1. The van der Waals surface area contributed by atoms with Crippen LogP contribution in [0.1, 0.15) is 54.9 Å². The van der Waals surface area contributed by atoms with Gasteiger partial charge in [-0.25, -0.2) is 0 Å². The van der Waals surface area contributed by atoms with Crippen LogP contribution < -0.4 is 5.32 Å². The Labute approximate surface area is 109 Å². The minimum atomic E-state index is 0.629. The van der Waals surface area contributed by atoms with Gasteiger partial charge in [-0.15, -0.1) is 0 Å². The first-order valence-corrected chi connectivity index (χ1v) is 7.31. The first-order chi connectivity index (χ1) is 7.84. The molecule has 0 aliphatic heterocycles. The van der Waals surface area contributed by atoms with Gasteiger partial charge in [0.2, 0.25) is 0 Å². The largest absolute Gasteiger partial charge is 0.315 e. The monoisotopic (exact) mass is 242 g/mol. The lowest BCUT2D eigenvalue weighted by Gasteiger charge is -2.34. The maximum absolute atomic E-state index is 3.58. The van der Waals surface area contributed by atoms with Gasteiger partial charge in [0, 0.05) is 25.2 Å². The molecule has 0 aliphatic rings. The number of nitrogens with zero attached hydrogens (tertiary/aromatic N) is 1. The zero-order chi connectivity index (χ0) is 13.4. The Kier molecular flexibility index (Phi) is 8.89. The molecule has 0 radical (unpaired) electrons. The minimum Gasteiger partial charge on any atom is -0.315 e. The van der Waals surface area contributed by atoms with Gasteiger partial charge in [-0.1, -0.05) is 27.7 Å². The third kappa shape index (κ3) is 8.62. The van der Waals surface area contributed by atoms with E-state index < -0.39 is 0 Å². The Morgan fingerprint density at radius 3 is 1.88 bits per heavy atom. The highest BCUT2D eigenvalue weighted by Crippen LogP contribution is 2.09. The van der Waals surface area contributed by atoms with Gasteiger partial charge in [0.25, 0.3) is 0 Å². The van der Waals surface area contributed by atoms with E-state index in [2.05, 4.69) is 58.7 Å². The summed E-state index contributed by atoms with van der Waals surface area (Å²) in [5.41, 5.74) is 0. The van der Waals surface area contributed by atoms with Crippen LogP contribution in [0.4, 0.5) is 0 Å². The molecule has 0 fully saturated rings. The fraction of sp³-hybridized carbons (Fsp3) is 1.00. The Morgan fingerprint density at radius 1 is 0.882 bits per heavy atom. The van der Waals surface area contributed by atoms with E-state index in [1.54, 1.807) is 0 Å². The third-order valence-corrected chi connectivity index (χ3v) is 3.14. The molecular formula is C15H34N2. The molecule has 0 saturated heterocycles. The third-order valence-electron chi connectivity index (χ3n) is 3.14. The topological polar surface area (TPSA) is 15.3 Å². The van der Waals surface area contributed by atoms with Crippen LogP contribution >= 0.6 is 0 Å². The van der Waals surface area contributed by atoms with Gasteiger partial charge in [0.15, 0.2) is 0 Å². The van der Waals surface area contributed by atoms with Crippen LogP contribution in [0.2, 0.25) is 0 Å². The molecule has 0 spiro atoms. The van der Waals surface area contributed by atoms with Gasteiger partial charge in [0.05, 0.1) is 0 Å². The highest BCUT2D eigenvalue weighted by molar-refractivity contribution is 4.74. The SMILES string of the molecule is CC(C)CCNCC(C)N(CC(C)C)C(C)C. The van der Waals surface area contributed by atoms with Crippen molar-refractivity contribution in [2.75, 3.05) is 19.6 Å². The smallest absolute Gasteiger partial charge is 0.0195 e. The quantitative estimate of drug-likeness (QED) is 0.624. The summed E-state index contributed by atoms with van der Waals surface area (Å²) < 4.78 is 0. The van der Waals surface area contributed by atoms with Crippen molar-refractivity contribution in [3.63, 3.8) is 0 Å². The van der Waals surface area contributed by atoms with Crippen molar-refractivity contribution in [3.05, 3.63) is 0 Å². The van der Waals surface area contributed by atoms with Crippen molar-refractivity contribution < 1.29 is 0 Å². The van der Waals surface area contributed by atoms with Crippen molar-refractivity contribution in [2.24, 2.45) is 11.8 Å². The van der Waals surface area contributed by atoms with E-state index >= 15 is 0 Å². The van der Waals surface area contributed by atoms with Crippen molar-refractivity contribution in [1.82, 2.24) is 10.2 Å². The fourth-order valence-corrected chi connectivity index (χ4v) is 2.14. The van der Waals surface area contributed by atoms with Crippen molar-refractivity contribution >= 4 is 0 Å². The van der Waals surface area contributed by atoms with Crippen molar-refractivity contribution in [3.8, 4) is 0 Å². The maximum Gasteiger partial charge on any atom is 0.0195 e. The lowest BCUT2D eigenvalue weighted by atomic mass is 10.1. The lowest BCUT2D eigenvalue weighted by Crippen LogP contribution is -2.46. The fourth-order valence-electron chi connectivity index (χ4n) is 2.14. The number of rotatable bonds is 9. The molecule has 0 amide bonds. The summed E-state index contributed by atoms with van der Waals surface area (Å²) in [6.45, 7) is 19.6. The zero-order valence-corrected chi connectivity index (χ0v) is 13.1. The predicted octanol–water partition coefficient (Wildman–Crippen LogP) is 3.38. The molecule has 1 atom stereocenters. The number of nitrogens with one attached hydrogen (secondary N) is 1. The molecule has 104 valence electrons. The molecule has 0 aliphatic carbocycles. The molecule has 0 saturated carbocycles. The van der Waals surface area contributed by atoms with E-state index in [1.807, 2.05) is 0 Å². The molecule has 0 rings (SSSR count). The van der Waals surface area contributed by atoms with E-state index in [1.165, 1.54) is 13.0 Å². The van der Waals surface area contributed by atoms with Crippen LogP contribution in [0.15, 0.2) is 0 Å². The normalized spacial score (nSPS) is 14.3.